The van der Waals surface area contributed by atoms with Gasteiger partial charge in [-0.2, -0.15) is 0 Å². The molecule has 2 unspecified atom stereocenters. The van der Waals surface area contributed by atoms with Gasteiger partial charge in [-0.1, -0.05) is 26.2 Å². The van der Waals surface area contributed by atoms with Crippen LogP contribution in [0.25, 0.3) is 0 Å². The molecular formula is C14H27ClN2O. The summed E-state index contributed by atoms with van der Waals surface area (Å²) in [4.78, 5) is 12.2. The number of hydrogen-bond donors (Lipinski definition) is 2. The van der Waals surface area contributed by atoms with Crippen LogP contribution in [0.3, 0.4) is 0 Å². The van der Waals surface area contributed by atoms with Gasteiger partial charge >= 0.3 is 0 Å². The maximum absolute atomic E-state index is 12.2. The summed E-state index contributed by atoms with van der Waals surface area (Å²) in [5.41, 5.74) is 5.74. The Balaban J connectivity index is 0.00000162. The quantitative estimate of drug-likeness (QED) is 0.831. The molecule has 4 atom stereocenters. The number of hydrogen-bond acceptors (Lipinski definition) is 2. The third-order valence-corrected chi connectivity index (χ3v) is 4.58. The van der Waals surface area contributed by atoms with Gasteiger partial charge < -0.3 is 11.1 Å². The fourth-order valence-electron chi connectivity index (χ4n) is 3.54. The second kappa shape index (κ2) is 7.34. The van der Waals surface area contributed by atoms with E-state index in [1.54, 1.807) is 0 Å². The first kappa shape index (κ1) is 15.8. The van der Waals surface area contributed by atoms with Crippen molar-refractivity contribution in [1.82, 2.24) is 5.32 Å². The summed E-state index contributed by atoms with van der Waals surface area (Å²) in [6.45, 7) is 2.95. The number of nitrogens with two attached hydrogens (primary N) is 1. The van der Waals surface area contributed by atoms with Crippen LogP contribution >= 0.6 is 12.4 Å². The Morgan fingerprint density at radius 3 is 2.61 bits per heavy atom. The van der Waals surface area contributed by atoms with Crippen molar-refractivity contribution in [2.75, 3.05) is 6.54 Å². The molecule has 4 heteroatoms. The minimum atomic E-state index is 0. The summed E-state index contributed by atoms with van der Waals surface area (Å²) in [5.74, 6) is 1.66. The molecule has 0 saturated heterocycles. The average Bonchev–Trinajstić information content (AvgIpc) is 2.77. The molecule has 0 aliphatic heterocycles. The van der Waals surface area contributed by atoms with E-state index in [-0.39, 0.29) is 24.2 Å². The molecule has 0 aromatic carbocycles. The van der Waals surface area contributed by atoms with E-state index in [0.717, 1.165) is 31.6 Å². The van der Waals surface area contributed by atoms with E-state index in [2.05, 4.69) is 12.2 Å². The van der Waals surface area contributed by atoms with E-state index < -0.39 is 0 Å². The molecule has 1 amide bonds. The average molecular weight is 275 g/mol. The SMILES string of the molecule is CC1CCCC(NC(=O)[C@@H]2CCC[C@@H]2CN)C1.Cl. The first-order chi connectivity index (χ1) is 8.20. The van der Waals surface area contributed by atoms with Crippen LogP contribution in [0.1, 0.15) is 51.9 Å². The number of carbonyl (C=O) groups excluding carboxylic acids is 1. The van der Waals surface area contributed by atoms with Gasteiger partial charge in [0, 0.05) is 12.0 Å². The number of amides is 1. The third-order valence-electron chi connectivity index (χ3n) is 4.58. The van der Waals surface area contributed by atoms with Crippen LogP contribution in [-0.4, -0.2) is 18.5 Å². The lowest BCUT2D eigenvalue weighted by molar-refractivity contribution is -0.127. The second-order valence-electron chi connectivity index (χ2n) is 6.01. The molecule has 2 fully saturated rings. The van der Waals surface area contributed by atoms with Crippen LogP contribution in [0.2, 0.25) is 0 Å². The Bertz CT molecular complexity index is 273. The summed E-state index contributed by atoms with van der Waals surface area (Å²) >= 11 is 0. The summed E-state index contributed by atoms with van der Waals surface area (Å²) in [6, 6.07) is 0.422. The lowest BCUT2D eigenvalue weighted by atomic mass is 9.86. The molecule has 0 aromatic heterocycles. The Kier molecular flexibility index (Phi) is 6.44. The van der Waals surface area contributed by atoms with Gasteiger partial charge in [0.15, 0.2) is 0 Å². The van der Waals surface area contributed by atoms with Crippen molar-refractivity contribution in [2.24, 2.45) is 23.5 Å². The molecule has 0 aromatic rings. The minimum absolute atomic E-state index is 0. The van der Waals surface area contributed by atoms with Gasteiger partial charge in [-0.15, -0.1) is 12.4 Å². The summed E-state index contributed by atoms with van der Waals surface area (Å²) < 4.78 is 0. The van der Waals surface area contributed by atoms with E-state index in [9.17, 15) is 4.79 Å². The van der Waals surface area contributed by atoms with Crippen LogP contribution in [0.4, 0.5) is 0 Å². The van der Waals surface area contributed by atoms with E-state index in [1.807, 2.05) is 0 Å². The lowest BCUT2D eigenvalue weighted by Gasteiger charge is -2.29. The topological polar surface area (TPSA) is 55.1 Å². The highest BCUT2D eigenvalue weighted by molar-refractivity contribution is 5.85. The van der Waals surface area contributed by atoms with Crippen molar-refractivity contribution in [2.45, 2.75) is 57.9 Å². The summed E-state index contributed by atoms with van der Waals surface area (Å²) in [6.07, 6.45) is 8.24. The Morgan fingerprint density at radius 2 is 1.94 bits per heavy atom. The van der Waals surface area contributed by atoms with Crippen molar-refractivity contribution in [3.63, 3.8) is 0 Å². The largest absolute Gasteiger partial charge is 0.353 e. The molecule has 2 aliphatic rings. The van der Waals surface area contributed by atoms with Crippen molar-refractivity contribution in [3.8, 4) is 0 Å². The van der Waals surface area contributed by atoms with E-state index in [4.69, 9.17) is 5.73 Å². The molecule has 0 bridgehead atoms. The first-order valence-corrected chi connectivity index (χ1v) is 7.21. The second-order valence-corrected chi connectivity index (χ2v) is 6.01. The van der Waals surface area contributed by atoms with Crippen LogP contribution in [0.5, 0.6) is 0 Å². The highest BCUT2D eigenvalue weighted by Crippen LogP contribution is 2.32. The summed E-state index contributed by atoms with van der Waals surface area (Å²) in [5, 5.41) is 3.26. The zero-order chi connectivity index (χ0) is 12.3. The van der Waals surface area contributed by atoms with Gasteiger partial charge in [0.25, 0.3) is 0 Å². The minimum Gasteiger partial charge on any atom is -0.353 e. The predicted octanol–water partition coefficient (Wildman–Crippen LogP) is 2.48. The number of nitrogens with one attached hydrogen (secondary N) is 1. The Hall–Kier alpha value is -0.280. The number of rotatable bonds is 3. The zero-order valence-electron chi connectivity index (χ0n) is 11.4. The van der Waals surface area contributed by atoms with E-state index in [1.165, 1.54) is 19.3 Å². The van der Waals surface area contributed by atoms with Crippen LogP contribution in [0.15, 0.2) is 0 Å². The molecule has 3 nitrogen and oxygen atoms in total. The monoisotopic (exact) mass is 274 g/mol. The van der Waals surface area contributed by atoms with Gasteiger partial charge in [-0.3, -0.25) is 4.79 Å². The van der Waals surface area contributed by atoms with Gasteiger partial charge in [0.2, 0.25) is 5.91 Å². The molecule has 0 spiro atoms. The molecular weight excluding hydrogens is 248 g/mol. The smallest absolute Gasteiger partial charge is 0.223 e. The number of carbonyl (C=O) groups is 1. The van der Waals surface area contributed by atoms with Crippen LogP contribution in [-0.2, 0) is 4.79 Å². The van der Waals surface area contributed by atoms with E-state index in [0.29, 0.717) is 18.5 Å². The maximum Gasteiger partial charge on any atom is 0.223 e. The third kappa shape index (κ3) is 3.86. The van der Waals surface area contributed by atoms with Crippen molar-refractivity contribution in [1.29, 1.82) is 0 Å². The molecule has 0 heterocycles. The van der Waals surface area contributed by atoms with Crippen LogP contribution < -0.4 is 11.1 Å². The van der Waals surface area contributed by atoms with Crippen LogP contribution in [0, 0.1) is 17.8 Å². The Morgan fingerprint density at radius 1 is 1.22 bits per heavy atom. The normalized spacial score (nSPS) is 35.9. The molecule has 18 heavy (non-hydrogen) atoms. The molecule has 3 N–H and O–H groups in total. The maximum atomic E-state index is 12.2. The fourth-order valence-corrected chi connectivity index (χ4v) is 3.54. The molecule has 106 valence electrons. The lowest BCUT2D eigenvalue weighted by Crippen LogP contribution is -2.43. The Labute approximate surface area is 117 Å². The zero-order valence-corrected chi connectivity index (χ0v) is 12.2. The molecule has 0 radical (unpaired) electrons. The van der Waals surface area contributed by atoms with E-state index >= 15 is 0 Å². The molecule has 2 saturated carbocycles. The molecule has 2 rings (SSSR count). The number of halogens is 1. The predicted molar refractivity (Wildman–Crippen MR) is 76.7 cm³/mol. The standard InChI is InChI=1S/C14H26N2O.ClH/c1-10-4-2-6-12(8-10)16-14(17)13-7-3-5-11(13)9-15;/h10-13H,2-9,15H2,1H3,(H,16,17);1H/t10?,11-,12?,13-;/m1./s1. The summed E-state index contributed by atoms with van der Waals surface area (Å²) in [7, 11) is 0. The first-order valence-electron chi connectivity index (χ1n) is 7.21. The highest BCUT2D eigenvalue weighted by atomic mass is 35.5. The highest BCUT2D eigenvalue weighted by Gasteiger charge is 2.33. The van der Waals surface area contributed by atoms with Gasteiger partial charge in [0.1, 0.15) is 0 Å². The van der Waals surface area contributed by atoms with Gasteiger partial charge in [-0.05, 0) is 44.1 Å². The van der Waals surface area contributed by atoms with Gasteiger partial charge in [0.05, 0.1) is 0 Å². The van der Waals surface area contributed by atoms with Crippen molar-refractivity contribution in [3.05, 3.63) is 0 Å². The van der Waals surface area contributed by atoms with Crippen molar-refractivity contribution < 1.29 is 4.79 Å². The van der Waals surface area contributed by atoms with Crippen molar-refractivity contribution >= 4 is 18.3 Å². The molecule has 2 aliphatic carbocycles. The van der Waals surface area contributed by atoms with Gasteiger partial charge in [-0.25, -0.2) is 0 Å². The fraction of sp³-hybridized carbons (Fsp3) is 0.929.